The first-order chi connectivity index (χ1) is 9.09. The molecule has 2 rings (SSSR count). The Morgan fingerprint density at radius 3 is 2.58 bits per heavy atom. The third-order valence-electron chi connectivity index (χ3n) is 3.70. The number of benzene rings is 1. The van der Waals surface area contributed by atoms with Crippen LogP contribution >= 0.6 is 11.8 Å². The lowest BCUT2D eigenvalue weighted by molar-refractivity contribution is -0.153. The van der Waals surface area contributed by atoms with E-state index in [0.717, 1.165) is 11.3 Å². The molecule has 0 heterocycles. The Morgan fingerprint density at radius 2 is 2.05 bits per heavy atom. The molecular weight excluding hydrogens is 262 g/mol. The summed E-state index contributed by atoms with van der Waals surface area (Å²) in [7, 11) is 0. The molecule has 0 radical (unpaired) electrons. The van der Waals surface area contributed by atoms with E-state index in [1.807, 2.05) is 24.5 Å². The normalized spacial score (nSPS) is 16.5. The summed E-state index contributed by atoms with van der Waals surface area (Å²) < 4.78 is 0. The van der Waals surface area contributed by atoms with E-state index in [1.54, 1.807) is 6.07 Å². The smallest absolute Gasteiger partial charge is 0.311 e. The lowest BCUT2D eigenvalue weighted by Crippen LogP contribution is -2.47. The third kappa shape index (κ3) is 2.76. The Labute approximate surface area is 116 Å². The van der Waals surface area contributed by atoms with E-state index in [9.17, 15) is 14.7 Å². The molecule has 1 aromatic carbocycles. The van der Waals surface area contributed by atoms with Gasteiger partial charge in [-0.05, 0) is 31.2 Å². The molecule has 2 N–H and O–H groups in total. The molecular formula is C14H17NO3S. The van der Waals surface area contributed by atoms with Crippen molar-refractivity contribution in [1.82, 2.24) is 5.32 Å². The number of thioether (sulfide) groups is 1. The van der Waals surface area contributed by atoms with E-state index >= 15 is 0 Å². The van der Waals surface area contributed by atoms with E-state index in [-0.39, 0.29) is 12.5 Å². The minimum Gasteiger partial charge on any atom is -0.481 e. The fraction of sp³-hybridized carbons (Fsp3) is 0.429. The van der Waals surface area contributed by atoms with Gasteiger partial charge in [-0.2, -0.15) is 0 Å². The van der Waals surface area contributed by atoms with Gasteiger partial charge in [0.15, 0.2) is 0 Å². The molecule has 19 heavy (non-hydrogen) atoms. The number of nitrogens with one attached hydrogen (secondary N) is 1. The highest BCUT2D eigenvalue weighted by atomic mass is 32.2. The first-order valence-electron chi connectivity index (χ1n) is 6.24. The van der Waals surface area contributed by atoms with Crippen LogP contribution in [0.1, 0.15) is 29.6 Å². The summed E-state index contributed by atoms with van der Waals surface area (Å²) >= 11 is 1.51. The van der Waals surface area contributed by atoms with E-state index in [2.05, 4.69) is 5.32 Å². The average Bonchev–Trinajstić information content (AvgIpc) is 2.36. The van der Waals surface area contributed by atoms with Crippen LogP contribution in [-0.4, -0.2) is 29.8 Å². The Morgan fingerprint density at radius 1 is 1.37 bits per heavy atom. The molecule has 0 saturated heterocycles. The summed E-state index contributed by atoms with van der Waals surface area (Å²) in [5.74, 6) is -1.00. The molecule has 0 aliphatic heterocycles. The molecule has 1 aliphatic rings. The van der Waals surface area contributed by atoms with Crippen molar-refractivity contribution in [3.05, 3.63) is 29.8 Å². The number of amides is 1. The molecule has 0 bridgehead atoms. The molecule has 5 heteroatoms. The maximum atomic E-state index is 12.1. The summed E-state index contributed by atoms with van der Waals surface area (Å²) in [5.41, 5.74) is -0.140. The number of hydrogen-bond acceptors (Lipinski definition) is 3. The Bertz CT molecular complexity index is 497. The Hall–Kier alpha value is -1.49. The van der Waals surface area contributed by atoms with Crippen molar-refractivity contribution in [3.8, 4) is 0 Å². The largest absolute Gasteiger partial charge is 0.481 e. The molecule has 1 aliphatic carbocycles. The van der Waals surface area contributed by atoms with Gasteiger partial charge in [-0.1, -0.05) is 18.6 Å². The number of aliphatic carboxylic acids is 1. The fourth-order valence-electron chi connectivity index (χ4n) is 2.25. The summed E-state index contributed by atoms with van der Waals surface area (Å²) in [4.78, 5) is 24.2. The fourth-order valence-corrected chi connectivity index (χ4v) is 2.84. The predicted molar refractivity (Wildman–Crippen MR) is 74.5 cm³/mol. The molecule has 4 nitrogen and oxygen atoms in total. The number of hydrogen-bond donors (Lipinski definition) is 2. The van der Waals surface area contributed by atoms with Crippen molar-refractivity contribution in [2.45, 2.75) is 24.2 Å². The number of carboxylic acids is 1. The van der Waals surface area contributed by atoms with Gasteiger partial charge >= 0.3 is 5.97 Å². The van der Waals surface area contributed by atoms with Crippen LogP contribution in [0.15, 0.2) is 29.2 Å². The lowest BCUT2D eigenvalue weighted by atomic mass is 9.69. The van der Waals surface area contributed by atoms with E-state index < -0.39 is 11.4 Å². The molecule has 0 aromatic heterocycles. The highest BCUT2D eigenvalue weighted by molar-refractivity contribution is 7.98. The maximum Gasteiger partial charge on any atom is 0.311 e. The van der Waals surface area contributed by atoms with Gasteiger partial charge in [-0.25, -0.2) is 0 Å². The van der Waals surface area contributed by atoms with Crippen LogP contribution in [0.2, 0.25) is 0 Å². The molecule has 1 saturated carbocycles. The second kappa shape index (κ2) is 5.65. The first-order valence-corrected chi connectivity index (χ1v) is 7.46. The second-order valence-electron chi connectivity index (χ2n) is 4.82. The molecule has 102 valence electrons. The quantitative estimate of drug-likeness (QED) is 0.812. The molecule has 0 atom stereocenters. The zero-order valence-corrected chi connectivity index (χ0v) is 11.6. The van der Waals surface area contributed by atoms with Crippen molar-refractivity contribution in [2.24, 2.45) is 5.41 Å². The Kier molecular flexibility index (Phi) is 4.14. The molecule has 0 spiro atoms. The van der Waals surface area contributed by atoms with Crippen LogP contribution in [-0.2, 0) is 4.79 Å². The summed E-state index contributed by atoms with van der Waals surface area (Å²) in [6.45, 7) is 0.212. The van der Waals surface area contributed by atoms with Crippen LogP contribution < -0.4 is 5.32 Å². The maximum absolute atomic E-state index is 12.1. The van der Waals surface area contributed by atoms with E-state index in [1.165, 1.54) is 11.8 Å². The predicted octanol–water partition coefficient (Wildman–Crippen LogP) is 2.39. The highest BCUT2D eigenvalue weighted by Crippen LogP contribution is 2.40. The van der Waals surface area contributed by atoms with E-state index in [0.29, 0.717) is 18.4 Å². The van der Waals surface area contributed by atoms with Gasteiger partial charge in [0.1, 0.15) is 0 Å². The monoisotopic (exact) mass is 279 g/mol. The summed E-state index contributed by atoms with van der Waals surface area (Å²) in [5, 5.41) is 12.0. The topological polar surface area (TPSA) is 66.4 Å². The van der Waals surface area contributed by atoms with Crippen LogP contribution in [0.3, 0.4) is 0 Å². The zero-order chi connectivity index (χ0) is 13.9. The first kappa shape index (κ1) is 13.9. The molecule has 1 fully saturated rings. The van der Waals surface area contributed by atoms with E-state index in [4.69, 9.17) is 0 Å². The van der Waals surface area contributed by atoms with Crippen LogP contribution in [0, 0.1) is 5.41 Å². The molecule has 1 aromatic rings. The van der Waals surface area contributed by atoms with Crippen molar-refractivity contribution >= 4 is 23.6 Å². The number of rotatable bonds is 5. The van der Waals surface area contributed by atoms with Gasteiger partial charge in [0.2, 0.25) is 0 Å². The van der Waals surface area contributed by atoms with Gasteiger partial charge in [-0.3, -0.25) is 9.59 Å². The van der Waals surface area contributed by atoms with Crippen LogP contribution in [0.5, 0.6) is 0 Å². The summed E-state index contributed by atoms with van der Waals surface area (Å²) in [6.07, 6.45) is 4.12. The third-order valence-corrected chi connectivity index (χ3v) is 4.50. The number of carbonyl (C=O) groups excluding carboxylic acids is 1. The Balaban J connectivity index is 2.03. The average molecular weight is 279 g/mol. The number of carbonyl (C=O) groups is 2. The second-order valence-corrected chi connectivity index (χ2v) is 5.67. The highest BCUT2D eigenvalue weighted by Gasteiger charge is 2.44. The standard InChI is InChI=1S/C14H17NO3S/c1-19-11-6-3-2-5-10(11)12(16)15-9-14(13(17)18)7-4-8-14/h2-3,5-6H,4,7-9H2,1H3,(H,15,16)(H,17,18). The van der Waals surface area contributed by atoms with Crippen molar-refractivity contribution in [1.29, 1.82) is 0 Å². The lowest BCUT2D eigenvalue weighted by Gasteiger charge is -2.37. The van der Waals surface area contributed by atoms with Crippen molar-refractivity contribution < 1.29 is 14.7 Å². The number of carboxylic acid groups (broad SMARTS) is 1. The van der Waals surface area contributed by atoms with Crippen molar-refractivity contribution in [3.63, 3.8) is 0 Å². The molecule has 0 unspecified atom stereocenters. The molecule has 1 amide bonds. The van der Waals surface area contributed by atoms with Gasteiger partial charge in [0.25, 0.3) is 5.91 Å². The SMILES string of the molecule is CSc1ccccc1C(=O)NCC1(C(=O)O)CCC1. The van der Waals surface area contributed by atoms with Gasteiger partial charge in [0.05, 0.1) is 11.0 Å². The van der Waals surface area contributed by atoms with Crippen LogP contribution in [0.25, 0.3) is 0 Å². The minimum atomic E-state index is -0.808. The van der Waals surface area contributed by atoms with Gasteiger partial charge in [-0.15, -0.1) is 11.8 Å². The zero-order valence-electron chi connectivity index (χ0n) is 10.8. The van der Waals surface area contributed by atoms with Gasteiger partial charge < -0.3 is 10.4 Å². The van der Waals surface area contributed by atoms with Gasteiger partial charge in [0, 0.05) is 11.4 Å². The van der Waals surface area contributed by atoms with Crippen LogP contribution in [0.4, 0.5) is 0 Å². The minimum absolute atomic E-state index is 0.197. The summed E-state index contributed by atoms with van der Waals surface area (Å²) in [6, 6.07) is 7.34. The van der Waals surface area contributed by atoms with Crippen molar-refractivity contribution in [2.75, 3.05) is 12.8 Å².